The van der Waals surface area contributed by atoms with E-state index in [1.165, 1.54) is 36.0 Å². The van der Waals surface area contributed by atoms with Gasteiger partial charge in [-0.25, -0.2) is 0 Å². The Bertz CT molecular complexity index is 679. The van der Waals surface area contributed by atoms with Crippen LogP contribution >= 0.6 is 11.6 Å². The number of piperidine rings is 1. The molecule has 1 aliphatic heterocycles. The minimum absolute atomic E-state index is 0.172. The maximum atomic E-state index is 9.79. The summed E-state index contributed by atoms with van der Waals surface area (Å²) in [5.74, 6) is 0.984. The predicted molar refractivity (Wildman–Crippen MR) is 105 cm³/mol. The molecule has 0 aliphatic carbocycles. The highest BCUT2D eigenvalue weighted by atomic mass is 35.5. The standard InChI is InChI=1S/C22H28ClNO/c1-18-7-5-8-20(17-18)22(13-6-14-23,24-15-3-2-4-16-24)19-9-11-21(25)12-10-19/h5,7-12,17,25H,2-4,6,13-16H2,1H3. The highest BCUT2D eigenvalue weighted by molar-refractivity contribution is 6.17. The molecule has 0 aromatic heterocycles. The number of phenolic OH excluding ortho intramolecular Hbond substituents is 1. The largest absolute Gasteiger partial charge is 0.508 e. The number of rotatable bonds is 6. The van der Waals surface area contributed by atoms with Crippen LogP contribution in [0.1, 0.15) is 48.8 Å². The minimum atomic E-state index is -0.172. The van der Waals surface area contributed by atoms with Gasteiger partial charge in [-0.1, -0.05) is 48.4 Å². The fourth-order valence-corrected chi connectivity index (χ4v) is 4.35. The molecule has 0 amide bonds. The number of nitrogens with zero attached hydrogens (tertiary/aromatic N) is 1. The van der Waals surface area contributed by atoms with Gasteiger partial charge in [-0.05, 0) is 69.0 Å². The second-order valence-corrected chi connectivity index (χ2v) is 7.49. The van der Waals surface area contributed by atoms with Crippen molar-refractivity contribution in [2.75, 3.05) is 19.0 Å². The van der Waals surface area contributed by atoms with E-state index in [4.69, 9.17) is 11.6 Å². The Hall–Kier alpha value is -1.51. The zero-order valence-electron chi connectivity index (χ0n) is 15.0. The summed E-state index contributed by atoms with van der Waals surface area (Å²) in [6, 6.07) is 16.7. The molecule has 1 fully saturated rings. The van der Waals surface area contributed by atoms with E-state index < -0.39 is 0 Å². The number of hydrogen-bond donors (Lipinski definition) is 1. The van der Waals surface area contributed by atoms with Gasteiger partial charge in [0.2, 0.25) is 0 Å². The van der Waals surface area contributed by atoms with E-state index in [2.05, 4.69) is 48.2 Å². The van der Waals surface area contributed by atoms with Crippen LogP contribution in [0.3, 0.4) is 0 Å². The van der Waals surface area contributed by atoms with Gasteiger partial charge in [0, 0.05) is 5.88 Å². The summed E-state index contributed by atoms with van der Waals surface area (Å²) in [7, 11) is 0. The third-order valence-electron chi connectivity index (χ3n) is 5.41. The fraction of sp³-hybridized carbons (Fsp3) is 0.455. The summed E-state index contributed by atoms with van der Waals surface area (Å²) < 4.78 is 0. The first-order valence-corrected chi connectivity index (χ1v) is 9.88. The Morgan fingerprint density at radius 1 is 1.00 bits per heavy atom. The summed E-state index contributed by atoms with van der Waals surface area (Å²) in [5.41, 5.74) is 3.70. The van der Waals surface area contributed by atoms with Crippen LogP contribution in [0.4, 0.5) is 0 Å². The van der Waals surface area contributed by atoms with Gasteiger partial charge in [0.25, 0.3) is 0 Å². The topological polar surface area (TPSA) is 23.5 Å². The number of likely N-dealkylation sites (tertiary alicyclic amines) is 1. The maximum Gasteiger partial charge on any atom is 0.115 e. The Labute approximate surface area is 156 Å². The lowest BCUT2D eigenvalue weighted by molar-refractivity contribution is 0.0879. The molecule has 25 heavy (non-hydrogen) atoms. The summed E-state index contributed by atoms with van der Waals surface area (Å²) in [5, 5.41) is 9.79. The SMILES string of the molecule is Cc1cccc(C(CCCCl)(c2ccc(O)cc2)N2CCCCC2)c1. The van der Waals surface area contributed by atoms with Gasteiger partial charge in [0.15, 0.2) is 0 Å². The summed E-state index contributed by atoms with van der Waals surface area (Å²) in [6.07, 6.45) is 5.75. The lowest BCUT2D eigenvalue weighted by atomic mass is 9.76. The van der Waals surface area contributed by atoms with Gasteiger partial charge in [0.1, 0.15) is 5.75 Å². The van der Waals surface area contributed by atoms with Crippen molar-refractivity contribution in [3.05, 3.63) is 65.2 Å². The van der Waals surface area contributed by atoms with Crippen molar-refractivity contribution < 1.29 is 5.11 Å². The van der Waals surface area contributed by atoms with Gasteiger partial charge in [-0.3, -0.25) is 4.90 Å². The molecule has 0 saturated carbocycles. The number of hydrogen-bond acceptors (Lipinski definition) is 2. The van der Waals surface area contributed by atoms with Crippen LogP contribution in [-0.2, 0) is 5.54 Å². The van der Waals surface area contributed by atoms with E-state index in [9.17, 15) is 5.11 Å². The minimum Gasteiger partial charge on any atom is -0.508 e. The fourth-order valence-electron chi connectivity index (χ4n) is 4.22. The average Bonchev–Trinajstić information content (AvgIpc) is 2.65. The summed E-state index contributed by atoms with van der Waals surface area (Å²) >= 11 is 6.12. The van der Waals surface area contributed by atoms with Crippen molar-refractivity contribution >= 4 is 11.6 Å². The number of aromatic hydroxyl groups is 1. The number of aryl methyl sites for hydroxylation is 1. The highest BCUT2D eigenvalue weighted by Gasteiger charge is 2.40. The molecular formula is C22H28ClNO. The molecule has 0 radical (unpaired) electrons. The van der Waals surface area contributed by atoms with E-state index >= 15 is 0 Å². The van der Waals surface area contributed by atoms with E-state index in [0.717, 1.165) is 25.9 Å². The third-order valence-corrected chi connectivity index (χ3v) is 5.68. The molecule has 0 spiro atoms. The monoisotopic (exact) mass is 357 g/mol. The molecule has 3 heteroatoms. The Morgan fingerprint density at radius 2 is 1.72 bits per heavy atom. The van der Waals surface area contributed by atoms with Crippen molar-refractivity contribution in [1.29, 1.82) is 0 Å². The molecule has 2 nitrogen and oxygen atoms in total. The first-order valence-electron chi connectivity index (χ1n) is 9.34. The van der Waals surface area contributed by atoms with Crippen LogP contribution in [0.25, 0.3) is 0 Å². The van der Waals surface area contributed by atoms with Crippen LogP contribution in [-0.4, -0.2) is 29.0 Å². The zero-order valence-corrected chi connectivity index (χ0v) is 15.8. The number of benzene rings is 2. The lowest BCUT2D eigenvalue weighted by Crippen LogP contribution is -2.49. The van der Waals surface area contributed by atoms with E-state index in [-0.39, 0.29) is 5.54 Å². The smallest absolute Gasteiger partial charge is 0.115 e. The molecule has 1 saturated heterocycles. The van der Waals surface area contributed by atoms with Crippen molar-refractivity contribution in [2.24, 2.45) is 0 Å². The Balaban J connectivity index is 2.16. The second kappa shape index (κ2) is 8.25. The number of halogens is 1. The molecule has 1 heterocycles. The van der Waals surface area contributed by atoms with Gasteiger partial charge < -0.3 is 5.11 Å². The number of phenols is 1. The van der Waals surface area contributed by atoms with Crippen LogP contribution in [0.15, 0.2) is 48.5 Å². The van der Waals surface area contributed by atoms with Gasteiger partial charge in [-0.15, -0.1) is 11.6 Å². The molecular weight excluding hydrogens is 330 g/mol. The van der Waals surface area contributed by atoms with Crippen LogP contribution in [0, 0.1) is 6.92 Å². The van der Waals surface area contributed by atoms with Gasteiger partial charge in [0.05, 0.1) is 5.54 Å². The van der Waals surface area contributed by atoms with Crippen molar-refractivity contribution in [3.8, 4) is 5.75 Å². The quantitative estimate of drug-likeness (QED) is 0.695. The summed E-state index contributed by atoms with van der Waals surface area (Å²) in [4.78, 5) is 2.64. The van der Waals surface area contributed by atoms with Crippen molar-refractivity contribution in [1.82, 2.24) is 4.90 Å². The molecule has 1 atom stereocenters. The second-order valence-electron chi connectivity index (χ2n) is 7.12. The average molecular weight is 358 g/mol. The molecule has 134 valence electrons. The van der Waals surface area contributed by atoms with Crippen molar-refractivity contribution in [3.63, 3.8) is 0 Å². The third kappa shape index (κ3) is 3.86. The first-order chi connectivity index (χ1) is 12.2. The van der Waals surface area contributed by atoms with Gasteiger partial charge >= 0.3 is 0 Å². The molecule has 1 N–H and O–H groups in total. The van der Waals surface area contributed by atoms with E-state index in [0.29, 0.717) is 11.6 Å². The molecule has 2 aromatic rings. The summed E-state index contributed by atoms with van der Waals surface area (Å²) in [6.45, 7) is 4.37. The van der Waals surface area contributed by atoms with Crippen LogP contribution in [0.5, 0.6) is 5.75 Å². The molecule has 2 aromatic carbocycles. The van der Waals surface area contributed by atoms with Crippen molar-refractivity contribution in [2.45, 2.75) is 44.6 Å². The predicted octanol–water partition coefficient (Wildman–Crippen LogP) is 5.45. The molecule has 1 unspecified atom stereocenters. The Morgan fingerprint density at radius 3 is 2.36 bits per heavy atom. The van der Waals surface area contributed by atoms with Crippen LogP contribution < -0.4 is 0 Å². The molecule has 3 rings (SSSR count). The number of alkyl halides is 1. The van der Waals surface area contributed by atoms with E-state index in [1.54, 1.807) is 0 Å². The normalized spacial score (nSPS) is 18.0. The zero-order chi connectivity index (χ0) is 17.7. The highest BCUT2D eigenvalue weighted by Crippen LogP contribution is 2.42. The molecule has 1 aliphatic rings. The molecule has 0 bridgehead atoms. The Kier molecular flexibility index (Phi) is 6.03. The van der Waals surface area contributed by atoms with E-state index in [1.807, 2.05) is 12.1 Å². The van der Waals surface area contributed by atoms with Crippen LogP contribution in [0.2, 0.25) is 0 Å². The maximum absolute atomic E-state index is 9.79. The lowest BCUT2D eigenvalue weighted by Gasteiger charge is -2.47. The van der Waals surface area contributed by atoms with Gasteiger partial charge in [-0.2, -0.15) is 0 Å². The first kappa shape index (κ1) is 18.3.